The van der Waals surface area contributed by atoms with E-state index in [0.717, 1.165) is 19.0 Å². The maximum Gasteiger partial charge on any atom is 0.00473 e. The van der Waals surface area contributed by atoms with E-state index in [1.165, 1.54) is 32.2 Å². The predicted octanol–water partition coefficient (Wildman–Crippen LogP) is 3.12. The van der Waals surface area contributed by atoms with Gasteiger partial charge in [-0.05, 0) is 43.2 Å². The van der Waals surface area contributed by atoms with Crippen molar-refractivity contribution in [1.82, 2.24) is 4.90 Å². The lowest BCUT2D eigenvalue weighted by Gasteiger charge is -2.43. The average Bonchev–Trinajstić information content (AvgIpc) is 2.14. The molecule has 0 saturated heterocycles. The maximum atomic E-state index is 6.09. The molecular weight excluding hydrogens is 208 g/mol. The fourth-order valence-corrected chi connectivity index (χ4v) is 3.60. The highest BCUT2D eigenvalue weighted by molar-refractivity contribution is 4.89. The first kappa shape index (κ1) is 15.0. The highest BCUT2D eigenvalue weighted by Crippen LogP contribution is 2.39. The Morgan fingerprint density at radius 1 is 1.35 bits per heavy atom. The van der Waals surface area contributed by atoms with E-state index in [4.69, 9.17) is 5.73 Å². The van der Waals surface area contributed by atoms with Crippen LogP contribution in [0.5, 0.6) is 0 Å². The van der Waals surface area contributed by atoms with E-state index in [-0.39, 0.29) is 0 Å². The summed E-state index contributed by atoms with van der Waals surface area (Å²) in [6.07, 6.45) is 5.40. The Balaban J connectivity index is 2.56. The van der Waals surface area contributed by atoms with E-state index in [1.807, 2.05) is 0 Å². The Hall–Kier alpha value is -0.0800. The molecule has 2 N–H and O–H groups in total. The Labute approximate surface area is 108 Å². The summed E-state index contributed by atoms with van der Waals surface area (Å²) in [5, 5.41) is 0. The lowest BCUT2D eigenvalue weighted by molar-refractivity contribution is 0.0850. The molecule has 102 valence electrons. The van der Waals surface area contributed by atoms with Crippen LogP contribution in [-0.4, -0.2) is 31.6 Å². The van der Waals surface area contributed by atoms with Crippen LogP contribution in [0.15, 0.2) is 0 Å². The number of hydrogen-bond donors (Lipinski definition) is 1. The SMILES string of the molecule is CC1CCCC(CN)(CN(C)CC(C)(C)C)C1. The largest absolute Gasteiger partial charge is 0.330 e. The molecule has 17 heavy (non-hydrogen) atoms. The topological polar surface area (TPSA) is 29.3 Å². The molecule has 2 atom stereocenters. The summed E-state index contributed by atoms with van der Waals surface area (Å²) in [7, 11) is 2.25. The van der Waals surface area contributed by atoms with Crippen molar-refractivity contribution in [3.63, 3.8) is 0 Å². The monoisotopic (exact) mass is 240 g/mol. The zero-order valence-electron chi connectivity index (χ0n) is 12.6. The molecule has 2 heteroatoms. The van der Waals surface area contributed by atoms with Crippen molar-refractivity contribution < 1.29 is 0 Å². The molecule has 0 aromatic rings. The fourth-order valence-electron chi connectivity index (χ4n) is 3.60. The van der Waals surface area contributed by atoms with E-state index < -0.39 is 0 Å². The number of hydrogen-bond acceptors (Lipinski definition) is 2. The third kappa shape index (κ3) is 4.97. The molecule has 0 aromatic heterocycles. The molecule has 1 aliphatic rings. The van der Waals surface area contributed by atoms with E-state index >= 15 is 0 Å². The van der Waals surface area contributed by atoms with E-state index in [2.05, 4.69) is 39.6 Å². The van der Waals surface area contributed by atoms with Gasteiger partial charge in [-0.1, -0.05) is 40.5 Å². The van der Waals surface area contributed by atoms with Gasteiger partial charge in [-0.2, -0.15) is 0 Å². The van der Waals surface area contributed by atoms with Gasteiger partial charge in [0, 0.05) is 13.1 Å². The van der Waals surface area contributed by atoms with Crippen LogP contribution in [0, 0.1) is 16.7 Å². The standard InChI is InChI=1S/C15H32N2/c1-13-7-6-8-15(9-13,10-16)12-17(5)11-14(2,3)4/h13H,6-12,16H2,1-5H3. The second kappa shape index (κ2) is 5.71. The van der Waals surface area contributed by atoms with Crippen LogP contribution in [0.2, 0.25) is 0 Å². The van der Waals surface area contributed by atoms with Gasteiger partial charge in [0.1, 0.15) is 0 Å². The van der Waals surface area contributed by atoms with Gasteiger partial charge < -0.3 is 10.6 Å². The van der Waals surface area contributed by atoms with E-state index in [1.54, 1.807) is 0 Å². The zero-order chi connectivity index (χ0) is 13.1. The Kier molecular flexibility index (Phi) is 5.03. The molecule has 0 bridgehead atoms. The minimum atomic E-state index is 0.380. The molecule has 0 radical (unpaired) electrons. The lowest BCUT2D eigenvalue weighted by Crippen LogP contribution is -2.45. The summed E-state index contributed by atoms with van der Waals surface area (Å²) >= 11 is 0. The summed E-state index contributed by atoms with van der Waals surface area (Å²) in [4.78, 5) is 2.49. The molecule has 2 unspecified atom stereocenters. The summed E-state index contributed by atoms with van der Waals surface area (Å²) in [5.41, 5.74) is 6.85. The minimum Gasteiger partial charge on any atom is -0.330 e. The fraction of sp³-hybridized carbons (Fsp3) is 1.00. The molecule has 0 amide bonds. The molecule has 1 rings (SSSR count). The van der Waals surface area contributed by atoms with Crippen molar-refractivity contribution in [2.24, 2.45) is 22.5 Å². The van der Waals surface area contributed by atoms with Crippen LogP contribution in [0.4, 0.5) is 0 Å². The van der Waals surface area contributed by atoms with Gasteiger partial charge in [-0.15, -0.1) is 0 Å². The van der Waals surface area contributed by atoms with Crippen LogP contribution >= 0.6 is 0 Å². The number of nitrogens with zero attached hydrogens (tertiary/aromatic N) is 1. The van der Waals surface area contributed by atoms with Crippen LogP contribution in [-0.2, 0) is 0 Å². The summed E-state index contributed by atoms with van der Waals surface area (Å²) in [6, 6.07) is 0. The third-order valence-corrected chi connectivity index (χ3v) is 3.97. The lowest BCUT2D eigenvalue weighted by atomic mass is 9.69. The zero-order valence-corrected chi connectivity index (χ0v) is 12.6. The highest BCUT2D eigenvalue weighted by Gasteiger charge is 2.35. The van der Waals surface area contributed by atoms with Crippen LogP contribution < -0.4 is 5.73 Å². The van der Waals surface area contributed by atoms with Gasteiger partial charge in [0.2, 0.25) is 0 Å². The Morgan fingerprint density at radius 2 is 2.00 bits per heavy atom. The quantitative estimate of drug-likeness (QED) is 0.818. The third-order valence-electron chi connectivity index (χ3n) is 3.97. The van der Waals surface area contributed by atoms with Gasteiger partial charge in [-0.3, -0.25) is 0 Å². The minimum absolute atomic E-state index is 0.380. The van der Waals surface area contributed by atoms with Crippen LogP contribution in [0.25, 0.3) is 0 Å². The second-order valence-electron chi connectivity index (χ2n) is 7.64. The maximum absolute atomic E-state index is 6.09. The predicted molar refractivity (Wildman–Crippen MR) is 76.1 cm³/mol. The Morgan fingerprint density at radius 3 is 2.47 bits per heavy atom. The highest BCUT2D eigenvalue weighted by atomic mass is 15.1. The van der Waals surface area contributed by atoms with Gasteiger partial charge in [0.15, 0.2) is 0 Å². The second-order valence-corrected chi connectivity index (χ2v) is 7.64. The van der Waals surface area contributed by atoms with Crippen molar-refractivity contribution >= 4 is 0 Å². The van der Waals surface area contributed by atoms with Crippen LogP contribution in [0.1, 0.15) is 53.4 Å². The number of rotatable bonds is 4. The number of nitrogens with two attached hydrogens (primary N) is 1. The molecule has 1 fully saturated rings. The van der Waals surface area contributed by atoms with E-state index in [9.17, 15) is 0 Å². The smallest absolute Gasteiger partial charge is 0.00473 e. The van der Waals surface area contributed by atoms with Crippen molar-refractivity contribution in [3.8, 4) is 0 Å². The molecule has 0 spiro atoms. The first-order chi connectivity index (χ1) is 7.76. The molecule has 0 heterocycles. The normalized spacial score (nSPS) is 30.9. The molecule has 0 aromatic carbocycles. The first-order valence-corrected chi connectivity index (χ1v) is 7.15. The van der Waals surface area contributed by atoms with E-state index in [0.29, 0.717) is 10.8 Å². The van der Waals surface area contributed by atoms with Crippen molar-refractivity contribution in [2.45, 2.75) is 53.4 Å². The van der Waals surface area contributed by atoms with Gasteiger partial charge in [0.25, 0.3) is 0 Å². The first-order valence-electron chi connectivity index (χ1n) is 7.15. The van der Waals surface area contributed by atoms with Gasteiger partial charge >= 0.3 is 0 Å². The molecule has 2 nitrogen and oxygen atoms in total. The van der Waals surface area contributed by atoms with Crippen molar-refractivity contribution in [2.75, 3.05) is 26.7 Å². The van der Waals surface area contributed by atoms with Gasteiger partial charge in [0.05, 0.1) is 0 Å². The average molecular weight is 240 g/mol. The summed E-state index contributed by atoms with van der Waals surface area (Å²) < 4.78 is 0. The van der Waals surface area contributed by atoms with Crippen molar-refractivity contribution in [3.05, 3.63) is 0 Å². The molecular formula is C15H32N2. The molecule has 0 aliphatic heterocycles. The van der Waals surface area contributed by atoms with Crippen LogP contribution in [0.3, 0.4) is 0 Å². The summed E-state index contributed by atoms with van der Waals surface area (Å²) in [6.45, 7) is 12.5. The molecule has 1 saturated carbocycles. The van der Waals surface area contributed by atoms with Gasteiger partial charge in [-0.25, -0.2) is 0 Å². The molecule has 1 aliphatic carbocycles. The summed E-state index contributed by atoms with van der Waals surface area (Å²) in [5.74, 6) is 0.857. The Bertz CT molecular complexity index is 232. The van der Waals surface area contributed by atoms with Crippen molar-refractivity contribution in [1.29, 1.82) is 0 Å².